The van der Waals surface area contributed by atoms with E-state index in [9.17, 15) is 4.79 Å². The molecule has 0 saturated heterocycles. The maximum absolute atomic E-state index is 13.9. The van der Waals surface area contributed by atoms with Gasteiger partial charge in [0, 0.05) is 35.6 Å². The summed E-state index contributed by atoms with van der Waals surface area (Å²) in [6, 6.07) is 16.1. The highest BCUT2D eigenvalue weighted by atomic mass is 32.1. The van der Waals surface area contributed by atoms with Gasteiger partial charge in [-0.15, -0.1) is 11.3 Å². The minimum Gasteiger partial charge on any atom is -0.493 e. The van der Waals surface area contributed by atoms with Crippen LogP contribution in [0, 0.1) is 0 Å². The van der Waals surface area contributed by atoms with Crippen molar-refractivity contribution >= 4 is 28.1 Å². The molecule has 158 valence electrons. The number of benzene rings is 2. The van der Waals surface area contributed by atoms with Crippen molar-refractivity contribution < 1.29 is 14.3 Å². The van der Waals surface area contributed by atoms with Crippen molar-refractivity contribution in [3.8, 4) is 11.5 Å². The first-order chi connectivity index (χ1) is 15.1. The number of rotatable bonds is 4. The van der Waals surface area contributed by atoms with Gasteiger partial charge in [-0.3, -0.25) is 4.79 Å². The number of amides is 1. The van der Waals surface area contributed by atoms with Crippen LogP contribution in [-0.4, -0.2) is 36.1 Å². The quantitative estimate of drug-likeness (QED) is 0.454. The average Bonchev–Trinajstić information content (AvgIpc) is 3.45. The molecular formula is C25H24N2O3S. The predicted octanol–water partition coefficient (Wildman–Crippen LogP) is 5.04. The lowest BCUT2D eigenvalue weighted by molar-refractivity contribution is 0.0698. The van der Waals surface area contributed by atoms with E-state index in [2.05, 4.69) is 17.5 Å². The highest BCUT2D eigenvalue weighted by Gasteiger charge is 2.35. The summed E-state index contributed by atoms with van der Waals surface area (Å²) in [5.41, 5.74) is 4.09. The zero-order valence-corrected chi connectivity index (χ0v) is 18.6. The van der Waals surface area contributed by atoms with E-state index in [1.165, 1.54) is 5.56 Å². The monoisotopic (exact) mass is 432 g/mol. The van der Waals surface area contributed by atoms with Crippen LogP contribution in [-0.2, 0) is 13.5 Å². The number of hydrogen-bond donors (Lipinski definition) is 0. The number of hydrogen-bond acceptors (Lipinski definition) is 4. The van der Waals surface area contributed by atoms with Gasteiger partial charge in [0.05, 0.1) is 25.8 Å². The van der Waals surface area contributed by atoms with Gasteiger partial charge in [-0.05, 0) is 47.2 Å². The largest absolute Gasteiger partial charge is 0.493 e. The smallest absolute Gasteiger partial charge is 0.256 e. The Morgan fingerprint density at radius 3 is 2.58 bits per heavy atom. The molecule has 2 aromatic heterocycles. The second kappa shape index (κ2) is 7.78. The van der Waals surface area contributed by atoms with Crippen molar-refractivity contribution in [2.24, 2.45) is 7.05 Å². The molecule has 0 bridgehead atoms. The first kappa shape index (κ1) is 19.7. The second-order valence-corrected chi connectivity index (χ2v) is 8.72. The Labute approximate surface area is 185 Å². The van der Waals surface area contributed by atoms with Gasteiger partial charge < -0.3 is 18.9 Å². The van der Waals surface area contributed by atoms with Crippen LogP contribution in [0.25, 0.3) is 10.9 Å². The molecular weight excluding hydrogens is 408 g/mol. The fourth-order valence-electron chi connectivity index (χ4n) is 4.59. The Kier molecular flexibility index (Phi) is 4.94. The highest BCUT2D eigenvalue weighted by molar-refractivity contribution is 7.10. The number of para-hydroxylation sites is 1. The van der Waals surface area contributed by atoms with Gasteiger partial charge in [-0.25, -0.2) is 0 Å². The van der Waals surface area contributed by atoms with Gasteiger partial charge >= 0.3 is 0 Å². The van der Waals surface area contributed by atoms with E-state index in [4.69, 9.17) is 9.47 Å². The molecule has 0 spiro atoms. The minimum atomic E-state index is -0.157. The van der Waals surface area contributed by atoms with Crippen LogP contribution in [0.1, 0.15) is 32.4 Å². The summed E-state index contributed by atoms with van der Waals surface area (Å²) in [5.74, 6) is 1.46. The number of aromatic nitrogens is 1. The molecule has 3 heterocycles. The van der Waals surface area contributed by atoms with Crippen molar-refractivity contribution in [1.29, 1.82) is 0 Å². The standard InChI is InChI=1S/C25H24N2O3S/c1-26-15-19(17-7-4-5-8-20(17)26)25(28)27-11-10-16-13-21(29-2)22(30-3)14-18(16)24(27)23-9-6-12-31-23/h4-9,12-15,24H,10-11H2,1-3H3. The van der Waals surface area contributed by atoms with Gasteiger partial charge in [-0.1, -0.05) is 24.3 Å². The lowest BCUT2D eigenvalue weighted by Gasteiger charge is -2.37. The number of methoxy groups -OCH3 is 2. The number of ether oxygens (including phenoxy) is 2. The Balaban J connectivity index is 1.64. The Morgan fingerprint density at radius 2 is 1.84 bits per heavy atom. The van der Waals surface area contributed by atoms with E-state index >= 15 is 0 Å². The third-order valence-corrected chi connectivity index (χ3v) is 7.00. The minimum absolute atomic E-state index is 0.0515. The maximum Gasteiger partial charge on any atom is 0.256 e. The van der Waals surface area contributed by atoms with Gasteiger partial charge in [-0.2, -0.15) is 0 Å². The topological polar surface area (TPSA) is 43.7 Å². The number of carbonyl (C=O) groups is 1. The summed E-state index contributed by atoms with van der Waals surface area (Å²) in [5, 5.41) is 3.04. The van der Waals surface area contributed by atoms with Crippen LogP contribution >= 0.6 is 11.3 Å². The summed E-state index contributed by atoms with van der Waals surface area (Å²) < 4.78 is 13.1. The number of carbonyl (C=O) groups excluding carboxylic acids is 1. The molecule has 0 fully saturated rings. The summed E-state index contributed by atoms with van der Waals surface area (Å²) >= 11 is 1.67. The van der Waals surface area contributed by atoms with Crippen LogP contribution in [0.4, 0.5) is 0 Å². The second-order valence-electron chi connectivity index (χ2n) is 7.74. The van der Waals surface area contributed by atoms with Crippen LogP contribution in [0.15, 0.2) is 60.1 Å². The van der Waals surface area contributed by atoms with E-state index < -0.39 is 0 Å². The van der Waals surface area contributed by atoms with Crippen LogP contribution in [0.2, 0.25) is 0 Å². The number of fused-ring (bicyclic) bond motifs is 2. The van der Waals surface area contributed by atoms with Crippen LogP contribution < -0.4 is 9.47 Å². The molecule has 1 atom stereocenters. The Bertz CT molecular complexity index is 1260. The molecule has 6 heteroatoms. The normalized spacial score (nSPS) is 15.7. The maximum atomic E-state index is 13.9. The molecule has 1 amide bonds. The molecule has 2 aromatic carbocycles. The summed E-state index contributed by atoms with van der Waals surface area (Å²) in [6.45, 7) is 0.646. The third-order valence-electron chi connectivity index (χ3n) is 6.07. The van der Waals surface area contributed by atoms with Crippen LogP contribution in [0.5, 0.6) is 11.5 Å². The van der Waals surface area contributed by atoms with Crippen molar-refractivity contribution in [2.75, 3.05) is 20.8 Å². The Hall–Kier alpha value is -3.25. The molecule has 0 saturated carbocycles. The fourth-order valence-corrected chi connectivity index (χ4v) is 5.44. The van der Waals surface area contributed by atoms with Gasteiger partial charge in [0.25, 0.3) is 5.91 Å². The van der Waals surface area contributed by atoms with E-state index in [1.807, 2.05) is 59.1 Å². The molecule has 31 heavy (non-hydrogen) atoms. The molecule has 1 aliphatic heterocycles. The molecule has 1 unspecified atom stereocenters. The molecule has 0 aliphatic carbocycles. The molecule has 1 aliphatic rings. The number of aryl methyl sites for hydroxylation is 1. The van der Waals surface area contributed by atoms with Gasteiger partial charge in [0.15, 0.2) is 11.5 Å². The van der Waals surface area contributed by atoms with E-state index in [-0.39, 0.29) is 11.9 Å². The molecule has 0 radical (unpaired) electrons. The lowest BCUT2D eigenvalue weighted by Crippen LogP contribution is -2.40. The summed E-state index contributed by atoms with van der Waals surface area (Å²) in [6.07, 6.45) is 2.72. The van der Waals surface area contributed by atoms with Crippen molar-refractivity contribution in [1.82, 2.24) is 9.47 Å². The lowest BCUT2D eigenvalue weighted by atomic mass is 9.90. The highest BCUT2D eigenvalue weighted by Crippen LogP contribution is 2.43. The summed E-state index contributed by atoms with van der Waals surface area (Å²) in [7, 11) is 5.28. The molecule has 0 N–H and O–H groups in total. The number of thiophene rings is 1. The van der Waals surface area contributed by atoms with E-state index in [0.717, 1.165) is 39.1 Å². The zero-order valence-electron chi connectivity index (χ0n) is 17.8. The van der Waals surface area contributed by atoms with Gasteiger partial charge in [0.2, 0.25) is 0 Å². The summed E-state index contributed by atoms with van der Waals surface area (Å²) in [4.78, 5) is 17.0. The van der Waals surface area contributed by atoms with E-state index in [1.54, 1.807) is 25.6 Å². The van der Waals surface area contributed by atoms with E-state index in [0.29, 0.717) is 12.3 Å². The fraction of sp³-hybridized carbons (Fsp3) is 0.240. The van der Waals surface area contributed by atoms with Crippen LogP contribution in [0.3, 0.4) is 0 Å². The molecule has 4 aromatic rings. The molecule has 5 rings (SSSR count). The first-order valence-corrected chi connectivity index (χ1v) is 11.1. The third kappa shape index (κ3) is 3.18. The van der Waals surface area contributed by atoms with Crippen molar-refractivity contribution in [3.63, 3.8) is 0 Å². The molecule has 5 nitrogen and oxygen atoms in total. The Morgan fingerprint density at radius 1 is 1.06 bits per heavy atom. The zero-order chi connectivity index (χ0) is 21.5. The van der Waals surface area contributed by atoms with Crippen molar-refractivity contribution in [3.05, 3.63) is 81.7 Å². The number of nitrogens with zero attached hydrogens (tertiary/aromatic N) is 2. The predicted molar refractivity (Wildman–Crippen MR) is 123 cm³/mol. The average molecular weight is 433 g/mol. The van der Waals surface area contributed by atoms with Crippen molar-refractivity contribution in [2.45, 2.75) is 12.5 Å². The SMILES string of the molecule is COc1cc2c(cc1OC)C(c1cccs1)N(C(=O)c1cn(C)c3ccccc13)CC2. The van der Waals surface area contributed by atoms with Gasteiger partial charge in [0.1, 0.15) is 0 Å². The first-order valence-electron chi connectivity index (χ1n) is 10.3.